The first-order chi connectivity index (χ1) is 17.5. The normalized spacial score (nSPS) is 16.0. The number of hydrogen-bond acceptors (Lipinski definition) is 1. The summed E-state index contributed by atoms with van der Waals surface area (Å²) in [4.78, 5) is 2.20. The number of fused-ring (bicyclic) bond motifs is 1. The van der Waals surface area contributed by atoms with E-state index in [1.54, 1.807) is 6.07 Å². The van der Waals surface area contributed by atoms with Crippen LogP contribution in [0.5, 0.6) is 0 Å². The van der Waals surface area contributed by atoms with Crippen molar-refractivity contribution >= 4 is 17.2 Å². The molecular weight excluding hydrogens is 455 g/mol. The van der Waals surface area contributed by atoms with E-state index in [0.717, 1.165) is 72.3 Å². The Labute approximate surface area is 212 Å². The summed E-state index contributed by atoms with van der Waals surface area (Å²) in [7, 11) is 0. The summed E-state index contributed by atoms with van der Waals surface area (Å²) >= 11 is 0. The SMILES string of the molecule is Cc1cc(F)ccc1C1=C(c2ccc(C=C3CN(CCCF)C3)c(C)c2F)c2ccccc2CCC1. The molecule has 0 aromatic heterocycles. The van der Waals surface area contributed by atoms with Crippen molar-refractivity contribution in [2.45, 2.75) is 39.5 Å². The number of halogens is 3. The van der Waals surface area contributed by atoms with Crippen molar-refractivity contribution in [3.05, 3.63) is 111 Å². The fourth-order valence-corrected chi connectivity index (χ4v) is 5.60. The topological polar surface area (TPSA) is 3.24 Å². The van der Waals surface area contributed by atoms with E-state index in [4.69, 9.17) is 0 Å². The Morgan fingerprint density at radius 3 is 2.44 bits per heavy atom. The van der Waals surface area contributed by atoms with Gasteiger partial charge in [-0.2, -0.15) is 0 Å². The van der Waals surface area contributed by atoms with Gasteiger partial charge in [0.15, 0.2) is 0 Å². The van der Waals surface area contributed by atoms with Crippen LogP contribution in [-0.4, -0.2) is 31.2 Å². The summed E-state index contributed by atoms with van der Waals surface area (Å²) in [5.41, 5.74) is 9.46. The van der Waals surface area contributed by atoms with Crippen molar-refractivity contribution in [3.8, 4) is 0 Å². The second-order valence-corrected chi connectivity index (χ2v) is 10.0. The highest BCUT2D eigenvalue weighted by Gasteiger charge is 2.25. The number of aryl methyl sites for hydroxylation is 2. The molecule has 0 unspecified atom stereocenters. The van der Waals surface area contributed by atoms with Crippen LogP contribution in [0.4, 0.5) is 13.2 Å². The Hall–Kier alpha value is -3.11. The molecule has 1 aliphatic carbocycles. The third kappa shape index (κ3) is 4.79. The van der Waals surface area contributed by atoms with Crippen LogP contribution in [0.2, 0.25) is 0 Å². The number of allylic oxidation sites excluding steroid dienone is 1. The molecule has 36 heavy (non-hydrogen) atoms. The van der Waals surface area contributed by atoms with E-state index in [1.165, 1.54) is 17.2 Å². The number of benzene rings is 3. The zero-order chi connectivity index (χ0) is 25.2. The molecule has 186 valence electrons. The van der Waals surface area contributed by atoms with Gasteiger partial charge in [-0.3, -0.25) is 9.29 Å². The van der Waals surface area contributed by atoms with E-state index in [-0.39, 0.29) is 18.3 Å². The predicted octanol–water partition coefficient (Wildman–Crippen LogP) is 7.94. The quantitative estimate of drug-likeness (QED) is 0.341. The first-order valence-corrected chi connectivity index (χ1v) is 12.8. The van der Waals surface area contributed by atoms with Gasteiger partial charge >= 0.3 is 0 Å². The van der Waals surface area contributed by atoms with Gasteiger partial charge in [-0.25, -0.2) is 8.78 Å². The summed E-state index contributed by atoms with van der Waals surface area (Å²) in [6, 6.07) is 17.1. The fourth-order valence-electron chi connectivity index (χ4n) is 5.60. The van der Waals surface area contributed by atoms with Gasteiger partial charge in [0.05, 0.1) is 6.67 Å². The second kappa shape index (κ2) is 10.5. The molecule has 0 atom stereocenters. The third-order valence-corrected chi connectivity index (χ3v) is 7.49. The molecule has 4 heteroatoms. The molecule has 2 aliphatic rings. The van der Waals surface area contributed by atoms with Crippen LogP contribution < -0.4 is 0 Å². The lowest BCUT2D eigenvalue weighted by Gasteiger charge is -2.34. The number of rotatable bonds is 6. The van der Waals surface area contributed by atoms with Gasteiger partial charge in [-0.05, 0) is 102 Å². The van der Waals surface area contributed by atoms with Gasteiger partial charge in [0, 0.05) is 25.2 Å². The van der Waals surface area contributed by atoms with Gasteiger partial charge < -0.3 is 0 Å². The lowest BCUT2D eigenvalue weighted by atomic mass is 9.85. The molecule has 0 amide bonds. The lowest BCUT2D eigenvalue weighted by Crippen LogP contribution is -2.40. The highest BCUT2D eigenvalue weighted by atomic mass is 19.1. The van der Waals surface area contributed by atoms with E-state index >= 15 is 4.39 Å². The van der Waals surface area contributed by atoms with E-state index < -0.39 is 0 Å². The molecular formula is C32H32F3N. The zero-order valence-electron chi connectivity index (χ0n) is 21.0. The Balaban J connectivity index is 1.61. The van der Waals surface area contributed by atoms with Crippen molar-refractivity contribution in [1.29, 1.82) is 0 Å². The molecule has 1 saturated heterocycles. The molecule has 3 aromatic rings. The highest BCUT2D eigenvalue weighted by molar-refractivity contribution is 6.00. The number of alkyl halides is 1. The third-order valence-electron chi connectivity index (χ3n) is 7.49. The van der Waals surface area contributed by atoms with E-state index in [0.29, 0.717) is 17.5 Å². The predicted molar refractivity (Wildman–Crippen MR) is 143 cm³/mol. The molecule has 0 bridgehead atoms. The lowest BCUT2D eigenvalue weighted by molar-refractivity contribution is 0.239. The van der Waals surface area contributed by atoms with Crippen LogP contribution in [0.3, 0.4) is 0 Å². The fraction of sp³-hybridized carbons (Fsp3) is 0.312. The van der Waals surface area contributed by atoms with Crippen LogP contribution in [0.1, 0.15) is 58.2 Å². The van der Waals surface area contributed by atoms with Crippen molar-refractivity contribution in [3.63, 3.8) is 0 Å². The molecule has 5 rings (SSSR count). The first kappa shape index (κ1) is 24.6. The van der Waals surface area contributed by atoms with Gasteiger partial charge in [0.2, 0.25) is 0 Å². The van der Waals surface area contributed by atoms with E-state index in [9.17, 15) is 8.78 Å². The van der Waals surface area contributed by atoms with Crippen LogP contribution in [0, 0.1) is 25.5 Å². The molecule has 1 aliphatic heterocycles. The number of hydrogen-bond donors (Lipinski definition) is 0. The van der Waals surface area contributed by atoms with E-state index in [1.807, 2.05) is 44.2 Å². The standard InChI is InChI=1S/C32H32F3N/c1-21-17-26(34)12-14-27(21)29-10-5-8-24-7-3-4-9-28(24)31(29)30-13-11-25(22(2)32(30)35)18-23-19-36(20-23)16-6-15-33/h3-4,7,9,11-14,17-18H,5-6,8,10,15-16,19-20H2,1-2H3. The molecule has 0 N–H and O–H groups in total. The van der Waals surface area contributed by atoms with Crippen LogP contribution in [0.25, 0.3) is 17.2 Å². The van der Waals surface area contributed by atoms with Crippen molar-refractivity contribution in [1.82, 2.24) is 4.90 Å². The Morgan fingerprint density at radius 1 is 0.889 bits per heavy atom. The molecule has 0 spiro atoms. The highest BCUT2D eigenvalue weighted by Crippen LogP contribution is 2.42. The molecule has 0 radical (unpaired) electrons. The second-order valence-electron chi connectivity index (χ2n) is 10.0. The Bertz CT molecular complexity index is 1340. The average Bonchev–Trinajstić information content (AvgIpc) is 3.03. The zero-order valence-corrected chi connectivity index (χ0v) is 21.0. The van der Waals surface area contributed by atoms with Gasteiger partial charge in [0.1, 0.15) is 11.6 Å². The first-order valence-electron chi connectivity index (χ1n) is 12.8. The van der Waals surface area contributed by atoms with Gasteiger partial charge in [-0.1, -0.05) is 48.5 Å². The number of likely N-dealkylation sites (tertiary alicyclic amines) is 1. The van der Waals surface area contributed by atoms with Gasteiger partial charge in [-0.15, -0.1) is 0 Å². The monoisotopic (exact) mass is 487 g/mol. The maximum Gasteiger partial charge on any atom is 0.134 e. The number of nitrogens with zero attached hydrogens (tertiary/aromatic N) is 1. The van der Waals surface area contributed by atoms with Crippen LogP contribution >= 0.6 is 0 Å². The maximum atomic E-state index is 16.2. The minimum Gasteiger partial charge on any atom is -0.295 e. The molecule has 1 heterocycles. The Kier molecular flexibility index (Phi) is 7.15. The summed E-state index contributed by atoms with van der Waals surface area (Å²) < 4.78 is 42.5. The smallest absolute Gasteiger partial charge is 0.134 e. The molecule has 0 saturated carbocycles. The summed E-state index contributed by atoms with van der Waals surface area (Å²) in [5.74, 6) is -0.465. The Morgan fingerprint density at radius 2 is 1.67 bits per heavy atom. The molecule has 1 fully saturated rings. The minimum atomic E-state index is -0.292. The van der Waals surface area contributed by atoms with Crippen molar-refractivity contribution in [2.24, 2.45) is 0 Å². The van der Waals surface area contributed by atoms with Crippen molar-refractivity contribution in [2.75, 3.05) is 26.3 Å². The molecule has 3 aromatic carbocycles. The largest absolute Gasteiger partial charge is 0.295 e. The maximum absolute atomic E-state index is 16.2. The molecule has 1 nitrogen and oxygen atoms in total. The summed E-state index contributed by atoms with van der Waals surface area (Å²) in [5, 5.41) is 0. The van der Waals surface area contributed by atoms with Gasteiger partial charge in [0.25, 0.3) is 0 Å². The van der Waals surface area contributed by atoms with Crippen LogP contribution in [0.15, 0.2) is 60.2 Å². The van der Waals surface area contributed by atoms with E-state index in [2.05, 4.69) is 23.1 Å². The summed E-state index contributed by atoms with van der Waals surface area (Å²) in [6.07, 6.45) is 5.32. The minimum absolute atomic E-state index is 0.207. The average molecular weight is 488 g/mol. The van der Waals surface area contributed by atoms with Crippen LogP contribution in [-0.2, 0) is 6.42 Å². The summed E-state index contributed by atoms with van der Waals surface area (Å²) in [6.45, 7) is 5.87. The van der Waals surface area contributed by atoms with Crippen molar-refractivity contribution < 1.29 is 13.2 Å².